The van der Waals surface area contributed by atoms with E-state index in [0.717, 1.165) is 64.0 Å². The Balaban J connectivity index is 0.691. The fourth-order valence-electron chi connectivity index (χ4n) is 9.71. The second kappa shape index (κ2) is 21.1. The Kier molecular flexibility index (Phi) is 13.9. The number of rotatable bonds is 14. The van der Waals surface area contributed by atoms with E-state index in [-0.39, 0.29) is 56.8 Å². The molecule has 2 atom stereocenters. The summed E-state index contributed by atoms with van der Waals surface area (Å²) in [6.45, 7) is 5.11. The van der Waals surface area contributed by atoms with Crippen LogP contribution in [0.1, 0.15) is 36.5 Å². The van der Waals surface area contributed by atoms with Crippen molar-refractivity contribution in [1.29, 1.82) is 5.26 Å². The van der Waals surface area contributed by atoms with Crippen molar-refractivity contribution in [1.82, 2.24) is 29.2 Å². The molecule has 4 aromatic carbocycles. The Morgan fingerprint density at radius 3 is 2.32 bits per heavy atom. The Morgan fingerprint density at radius 1 is 0.878 bits per heavy atom. The first kappa shape index (κ1) is 48.8. The van der Waals surface area contributed by atoms with E-state index >= 15 is 0 Å². The quantitative estimate of drug-likeness (QED) is 0.0745. The molecule has 19 nitrogen and oxygen atoms in total. The van der Waals surface area contributed by atoms with Crippen LogP contribution in [0.2, 0.25) is 0 Å². The molecule has 3 amide bonds. The van der Waals surface area contributed by atoms with Crippen molar-refractivity contribution >= 4 is 57.0 Å². The molecular weight excluding hydrogens is 943 g/mol. The number of ether oxygens (including phenoxy) is 5. The number of hydrogen-bond donors (Lipinski definition) is 0. The maximum Gasteiger partial charge on any atom is 0.409 e. The third kappa shape index (κ3) is 10.0. The van der Waals surface area contributed by atoms with Gasteiger partial charge in [0.25, 0.3) is 0 Å². The van der Waals surface area contributed by atoms with Crippen LogP contribution in [0, 0.1) is 17.2 Å². The normalized spacial score (nSPS) is 15.6. The highest BCUT2D eigenvalue weighted by Gasteiger charge is 2.34. The first-order valence-electron chi connectivity index (χ1n) is 24.5. The Hall–Kier alpha value is -8.79. The molecule has 7 aromatic rings. The molecule has 0 bridgehead atoms. The number of piperidine rings is 1. The average molecular weight is 999 g/mol. The maximum atomic E-state index is 13.7. The third-order valence-corrected chi connectivity index (χ3v) is 14.1. The van der Waals surface area contributed by atoms with E-state index in [9.17, 15) is 14.4 Å². The van der Waals surface area contributed by atoms with Crippen LogP contribution in [0.5, 0.6) is 23.0 Å². The Bertz CT molecular complexity index is 3340. The number of aryl methyl sites for hydroxylation is 2. The van der Waals surface area contributed by atoms with Crippen LogP contribution in [-0.4, -0.2) is 115 Å². The van der Waals surface area contributed by atoms with Crippen molar-refractivity contribution in [3.63, 3.8) is 0 Å². The predicted molar refractivity (Wildman–Crippen MR) is 274 cm³/mol. The van der Waals surface area contributed by atoms with Crippen LogP contribution in [-0.2, 0) is 35.7 Å². The maximum absolute atomic E-state index is 13.7. The molecule has 1 fully saturated rings. The van der Waals surface area contributed by atoms with Gasteiger partial charge >= 0.3 is 12.1 Å². The van der Waals surface area contributed by atoms with Crippen molar-refractivity contribution in [2.45, 2.75) is 52.0 Å². The molecule has 19 heteroatoms. The lowest BCUT2D eigenvalue weighted by Gasteiger charge is -2.42. The van der Waals surface area contributed by atoms with E-state index in [1.807, 2.05) is 72.6 Å². The van der Waals surface area contributed by atoms with Crippen LogP contribution < -0.4 is 28.4 Å². The zero-order chi connectivity index (χ0) is 51.5. The zero-order valence-corrected chi connectivity index (χ0v) is 41.9. The summed E-state index contributed by atoms with van der Waals surface area (Å²) >= 11 is 0. The number of methoxy groups -OCH3 is 1. The fraction of sp³-hybridized carbons (Fsp3) is 0.327. The summed E-state index contributed by atoms with van der Waals surface area (Å²) in [6, 6.07) is 28.7. The summed E-state index contributed by atoms with van der Waals surface area (Å²) in [7, 11) is 6.85. The van der Waals surface area contributed by atoms with Gasteiger partial charge in [-0.05, 0) is 89.0 Å². The lowest BCUT2D eigenvalue weighted by atomic mass is 9.92. The van der Waals surface area contributed by atoms with E-state index in [2.05, 4.69) is 62.1 Å². The number of aromatic nitrogens is 4. The zero-order valence-electron chi connectivity index (χ0n) is 41.9. The Morgan fingerprint density at radius 2 is 1.59 bits per heavy atom. The molecular formula is C55H56N11O8+. The number of azo groups is 1. The topological polar surface area (TPSA) is 193 Å². The molecule has 0 unspecified atom stereocenters. The number of likely N-dealkylation sites (tertiary alicyclic amines) is 1. The van der Waals surface area contributed by atoms with Gasteiger partial charge < -0.3 is 43.3 Å². The second-order valence-electron chi connectivity index (χ2n) is 18.8. The molecule has 6 heterocycles. The molecule has 74 heavy (non-hydrogen) atoms. The highest BCUT2D eigenvalue weighted by Crippen LogP contribution is 2.42. The number of benzene rings is 4. The summed E-state index contributed by atoms with van der Waals surface area (Å²) in [4.78, 5) is 54.9. The SMILES string of the molecule is COc1ccc2cc3[n+](cc2c1OCc1ccc(/N=N/c2ccc(COC(=O)N(C)CCN(C)C(=O)n4ccc5c(N(C)[C@@H]6CN(C(=O)CC#N)CC[C@@H]6C)ncnc54)cc2)cc1)CCc1cc2c(cc1-3)OCO2. The summed E-state index contributed by atoms with van der Waals surface area (Å²) < 4.78 is 32.9. The molecule has 378 valence electrons. The number of carbonyl (C=O) groups is 3. The summed E-state index contributed by atoms with van der Waals surface area (Å²) in [5.41, 5.74) is 6.98. The number of hydrogen-bond acceptors (Lipinski definition) is 14. The van der Waals surface area contributed by atoms with Gasteiger partial charge in [-0.1, -0.05) is 31.2 Å². The average Bonchev–Trinajstić information content (AvgIpc) is 4.09. The predicted octanol–water partition coefficient (Wildman–Crippen LogP) is 8.58. The minimum absolute atomic E-state index is 0.0440. The molecule has 3 aromatic heterocycles. The number of likely N-dealkylation sites (N-methyl/N-ethyl adjacent to an activating group) is 3. The lowest BCUT2D eigenvalue weighted by Crippen LogP contribution is -2.52. The van der Waals surface area contributed by atoms with Crippen LogP contribution in [0.15, 0.2) is 114 Å². The van der Waals surface area contributed by atoms with Crippen molar-refractivity contribution in [3.05, 3.63) is 120 Å². The molecule has 10 rings (SSSR count). The van der Waals surface area contributed by atoms with E-state index in [1.54, 1.807) is 38.4 Å². The molecule has 0 N–H and O–H groups in total. The van der Waals surface area contributed by atoms with Gasteiger partial charge in [-0.2, -0.15) is 20.1 Å². The van der Waals surface area contributed by atoms with Crippen LogP contribution in [0.3, 0.4) is 0 Å². The number of fused-ring (bicyclic) bond motifs is 6. The highest BCUT2D eigenvalue weighted by molar-refractivity contribution is 5.95. The van der Waals surface area contributed by atoms with Crippen LogP contribution in [0.4, 0.5) is 26.8 Å². The monoisotopic (exact) mass is 998 g/mol. The fourth-order valence-corrected chi connectivity index (χ4v) is 9.71. The molecule has 0 saturated carbocycles. The highest BCUT2D eigenvalue weighted by atomic mass is 16.7. The van der Waals surface area contributed by atoms with Gasteiger partial charge in [0.1, 0.15) is 31.8 Å². The first-order chi connectivity index (χ1) is 36.0. The van der Waals surface area contributed by atoms with Gasteiger partial charge in [0.2, 0.25) is 18.4 Å². The lowest BCUT2D eigenvalue weighted by molar-refractivity contribution is -0.686. The summed E-state index contributed by atoms with van der Waals surface area (Å²) in [5.74, 6) is 3.62. The summed E-state index contributed by atoms with van der Waals surface area (Å²) in [6.07, 6.45) is 6.22. The number of amides is 3. The summed E-state index contributed by atoms with van der Waals surface area (Å²) in [5, 5.41) is 20.6. The number of pyridine rings is 1. The van der Waals surface area contributed by atoms with Crippen molar-refractivity contribution in [3.8, 4) is 40.3 Å². The molecule has 0 radical (unpaired) electrons. The molecule has 0 spiro atoms. The molecule has 3 aliphatic heterocycles. The largest absolute Gasteiger partial charge is 0.493 e. The smallest absolute Gasteiger partial charge is 0.409 e. The van der Waals surface area contributed by atoms with Crippen LogP contribution >= 0.6 is 0 Å². The van der Waals surface area contributed by atoms with Gasteiger partial charge in [0, 0.05) is 66.0 Å². The van der Waals surface area contributed by atoms with Gasteiger partial charge in [-0.15, -0.1) is 0 Å². The van der Waals surface area contributed by atoms with Gasteiger partial charge in [0.05, 0.1) is 46.9 Å². The standard InChI is InChI=1S/C55H56N11O8/c1-35-17-21-65(50(67)16-20-56)30-46(35)63(4)52-42-19-23-66(53(42)58-33-57-52)54(68)61(2)24-25-62(3)55(69)72-32-37-8-13-41(14-9-37)60-59-40-11-6-36(7-12-40)31-71-51-44-29-64-22-18-39-27-48-49(74-34-73-48)28-43(39)45(64)26-38(44)10-15-47(51)70-5/h6-15,19,23,26-29,33,35,46H,16-18,21-22,24-25,30-32,34H2,1-5H3/q+1/b60-59+/t35-,46+/m0/s1. The number of anilines is 1. The van der Waals surface area contributed by atoms with Gasteiger partial charge in [-0.3, -0.25) is 9.36 Å². The van der Waals surface area contributed by atoms with E-state index in [1.165, 1.54) is 26.3 Å². The molecule has 1 saturated heterocycles. The first-order valence-corrected chi connectivity index (χ1v) is 24.5. The molecule has 3 aliphatic rings. The van der Waals surface area contributed by atoms with Crippen molar-refractivity contribution in [2.24, 2.45) is 16.1 Å². The number of carbonyl (C=O) groups excluding carboxylic acids is 3. The van der Waals surface area contributed by atoms with Crippen molar-refractivity contribution in [2.75, 3.05) is 66.1 Å². The second-order valence-corrected chi connectivity index (χ2v) is 18.8. The number of nitrogens with zero attached hydrogens (tertiary/aromatic N) is 11. The third-order valence-electron chi connectivity index (χ3n) is 14.1. The minimum Gasteiger partial charge on any atom is -0.493 e. The van der Waals surface area contributed by atoms with Crippen LogP contribution in [0.25, 0.3) is 33.1 Å². The van der Waals surface area contributed by atoms with Gasteiger partial charge in [-0.25, -0.2) is 19.6 Å². The van der Waals surface area contributed by atoms with E-state index < -0.39 is 6.09 Å². The Labute approximate surface area is 427 Å². The molecule has 0 aliphatic carbocycles. The minimum atomic E-state index is -0.532. The van der Waals surface area contributed by atoms with Crippen molar-refractivity contribution < 1.29 is 42.6 Å². The van der Waals surface area contributed by atoms with E-state index in [0.29, 0.717) is 59.4 Å². The van der Waals surface area contributed by atoms with Gasteiger partial charge in [0.15, 0.2) is 41.4 Å². The number of nitriles is 1. The van der Waals surface area contributed by atoms with E-state index in [4.69, 9.17) is 28.9 Å².